The standard InChI is InChI=1S/C22H15F3N2O3/c1-12-8-13(2)18-17(9-12)30-11-14(19(18)28)10-16-20(22(23,24)25)26-27(21(16)29)15-6-4-3-5-7-15/h3-11H,1-2H3/b16-10-. The van der Waals surface area contributed by atoms with E-state index in [4.69, 9.17) is 4.42 Å². The number of para-hydroxylation sites is 1. The van der Waals surface area contributed by atoms with Crippen molar-refractivity contribution in [3.63, 3.8) is 0 Å². The molecule has 8 heteroatoms. The molecular weight excluding hydrogens is 397 g/mol. The van der Waals surface area contributed by atoms with Crippen molar-refractivity contribution < 1.29 is 22.4 Å². The number of halogens is 3. The largest absolute Gasteiger partial charge is 0.463 e. The average Bonchev–Trinajstić information content (AvgIpc) is 3.01. The SMILES string of the molecule is Cc1cc(C)c2c(=O)c(/C=C3\C(=O)N(c4ccccc4)N=C3C(F)(F)F)coc2c1. The summed E-state index contributed by atoms with van der Waals surface area (Å²) in [5, 5.41) is 4.41. The van der Waals surface area contributed by atoms with Gasteiger partial charge in [-0.05, 0) is 49.2 Å². The predicted octanol–water partition coefficient (Wildman–Crippen LogP) is 4.76. The molecule has 0 atom stereocenters. The molecule has 1 aliphatic heterocycles. The van der Waals surface area contributed by atoms with Gasteiger partial charge in [-0.25, -0.2) is 0 Å². The van der Waals surface area contributed by atoms with E-state index in [0.29, 0.717) is 16.2 Å². The fraction of sp³-hybridized carbons (Fsp3) is 0.136. The number of benzene rings is 2. The number of fused-ring (bicyclic) bond motifs is 1. The summed E-state index contributed by atoms with van der Waals surface area (Å²) in [7, 11) is 0. The van der Waals surface area contributed by atoms with Crippen molar-refractivity contribution in [2.45, 2.75) is 20.0 Å². The van der Waals surface area contributed by atoms with Gasteiger partial charge in [0, 0.05) is 0 Å². The number of carbonyl (C=O) groups is 1. The highest BCUT2D eigenvalue weighted by atomic mass is 19.4. The predicted molar refractivity (Wildman–Crippen MR) is 107 cm³/mol. The Morgan fingerprint density at radius 2 is 1.77 bits per heavy atom. The van der Waals surface area contributed by atoms with Gasteiger partial charge in [0.1, 0.15) is 11.8 Å². The summed E-state index contributed by atoms with van der Waals surface area (Å²) in [6.07, 6.45) is -2.93. The first-order chi connectivity index (χ1) is 14.2. The number of amides is 1. The third-order valence-corrected chi connectivity index (χ3v) is 4.69. The van der Waals surface area contributed by atoms with Gasteiger partial charge in [0.05, 0.1) is 22.2 Å². The highest BCUT2D eigenvalue weighted by molar-refractivity contribution is 6.34. The van der Waals surface area contributed by atoms with Crippen molar-refractivity contribution in [1.82, 2.24) is 0 Å². The van der Waals surface area contributed by atoms with E-state index in [1.54, 1.807) is 37.3 Å². The van der Waals surface area contributed by atoms with E-state index in [9.17, 15) is 22.8 Å². The molecule has 0 spiro atoms. The Morgan fingerprint density at radius 1 is 1.07 bits per heavy atom. The second-order valence-electron chi connectivity index (χ2n) is 6.93. The number of rotatable bonds is 2. The van der Waals surface area contributed by atoms with Gasteiger partial charge in [-0.2, -0.15) is 23.3 Å². The molecule has 0 radical (unpaired) electrons. The zero-order chi connectivity index (χ0) is 21.6. The normalized spacial score (nSPS) is 15.9. The zero-order valence-electron chi connectivity index (χ0n) is 15.9. The van der Waals surface area contributed by atoms with E-state index >= 15 is 0 Å². The molecule has 1 aliphatic rings. The molecule has 30 heavy (non-hydrogen) atoms. The smallest absolute Gasteiger partial charge is 0.435 e. The summed E-state index contributed by atoms with van der Waals surface area (Å²) in [6, 6.07) is 11.2. The summed E-state index contributed by atoms with van der Waals surface area (Å²) < 4.78 is 46.2. The minimum Gasteiger partial charge on any atom is -0.463 e. The lowest BCUT2D eigenvalue weighted by Crippen LogP contribution is -2.26. The minimum atomic E-state index is -4.88. The number of aryl methyl sites for hydroxylation is 2. The van der Waals surface area contributed by atoms with Gasteiger partial charge in [0.2, 0.25) is 0 Å². The molecule has 0 saturated carbocycles. The zero-order valence-corrected chi connectivity index (χ0v) is 15.9. The minimum absolute atomic E-state index is 0.162. The molecular formula is C22H15F3N2O3. The van der Waals surface area contributed by atoms with E-state index < -0.39 is 28.8 Å². The van der Waals surface area contributed by atoms with Crippen LogP contribution in [-0.2, 0) is 4.79 Å². The van der Waals surface area contributed by atoms with Crippen LogP contribution >= 0.6 is 0 Å². The third-order valence-electron chi connectivity index (χ3n) is 4.69. The van der Waals surface area contributed by atoms with Crippen LogP contribution in [0.4, 0.5) is 18.9 Å². The Labute approximate surface area is 168 Å². The van der Waals surface area contributed by atoms with E-state index in [1.165, 1.54) is 12.1 Å². The van der Waals surface area contributed by atoms with Crippen molar-refractivity contribution in [2.24, 2.45) is 5.10 Å². The second-order valence-corrected chi connectivity index (χ2v) is 6.93. The molecule has 2 heterocycles. The number of hydrogen-bond donors (Lipinski definition) is 0. The van der Waals surface area contributed by atoms with Crippen LogP contribution in [0.1, 0.15) is 16.7 Å². The molecule has 152 valence electrons. The van der Waals surface area contributed by atoms with Gasteiger partial charge in [-0.3, -0.25) is 9.59 Å². The van der Waals surface area contributed by atoms with Crippen molar-refractivity contribution in [3.8, 4) is 0 Å². The van der Waals surface area contributed by atoms with Crippen LogP contribution in [0.25, 0.3) is 17.0 Å². The maximum Gasteiger partial charge on any atom is 0.435 e. The molecule has 0 N–H and O–H groups in total. The molecule has 0 bridgehead atoms. The highest BCUT2D eigenvalue weighted by Crippen LogP contribution is 2.32. The molecule has 0 saturated heterocycles. The molecule has 0 unspecified atom stereocenters. The quantitative estimate of drug-likeness (QED) is 0.570. The third kappa shape index (κ3) is 3.30. The van der Waals surface area contributed by atoms with Gasteiger partial charge in [0.15, 0.2) is 11.1 Å². The van der Waals surface area contributed by atoms with Crippen molar-refractivity contribution in [1.29, 1.82) is 0 Å². The maximum absolute atomic E-state index is 13.6. The lowest BCUT2D eigenvalue weighted by atomic mass is 10.0. The molecule has 5 nitrogen and oxygen atoms in total. The maximum atomic E-state index is 13.6. The topological polar surface area (TPSA) is 62.9 Å². The van der Waals surface area contributed by atoms with Gasteiger partial charge in [-0.1, -0.05) is 24.3 Å². The Bertz CT molecular complexity index is 1290. The Hall–Kier alpha value is -3.68. The first-order valence-electron chi connectivity index (χ1n) is 8.97. The van der Waals surface area contributed by atoms with Crippen LogP contribution in [0, 0.1) is 13.8 Å². The molecule has 4 rings (SSSR count). The number of nitrogens with zero attached hydrogens (tertiary/aromatic N) is 2. The van der Waals surface area contributed by atoms with E-state index in [-0.39, 0.29) is 16.6 Å². The first kappa shape index (κ1) is 19.6. The number of alkyl halides is 3. The molecule has 0 aliphatic carbocycles. The molecule has 1 amide bonds. The van der Waals surface area contributed by atoms with Crippen molar-refractivity contribution in [2.75, 3.05) is 5.01 Å². The van der Waals surface area contributed by atoms with Gasteiger partial charge in [-0.15, -0.1) is 0 Å². The Morgan fingerprint density at radius 3 is 2.43 bits per heavy atom. The van der Waals surface area contributed by atoms with Crippen molar-refractivity contribution >= 4 is 34.4 Å². The molecule has 3 aromatic rings. The monoisotopic (exact) mass is 412 g/mol. The lowest BCUT2D eigenvalue weighted by Gasteiger charge is -2.10. The Balaban J connectivity index is 1.88. The van der Waals surface area contributed by atoms with Crippen LogP contribution in [-0.4, -0.2) is 17.8 Å². The first-order valence-corrected chi connectivity index (χ1v) is 8.97. The van der Waals surface area contributed by atoms with Gasteiger partial charge in [0.25, 0.3) is 5.91 Å². The summed E-state index contributed by atoms with van der Waals surface area (Å²) >= 11 is 0. The lowest BCUT2D eigenvalue weighted by molar-refractivity contribution is -0.114. The summed E-state index contributed by atoms with van der Waals surface area (Å²) in [4.78, 5) is 25.7. The fourth-order valence-electron chi connectivity index (χ4n) is 3.39. The molecule has 0 fully saturated rings. The molecule has 1 aromatic heterocycles. The van der Waals surface area contributed by atoms with Gasteiger partial charge >= 0.3 is 6.18 Å². The van der Waals surface area contributed by atoms with Crippen LogP contribution < -0.4 is 10.4 Å². The highest BCUT2D eigenvalue weighted by Gasteiger charge is 2.46. The van der Waals surface area contributed by atoms with Crippen LogP contribution in [0.3, 0.4) is 0 Å². The van der Waals surface area contributed by atoms with Crippen LogP contribution in [0.2, 0.25) is 0 Å². The van der Waals surface area contributed by atoms with E-state index in [0.717, 1.165) is 17.9 Å². The number of hydrogen-bond acceptors (Lipinski definition) is 4. The molecule has 2 aromatic carbocycles. The summed E-state index contributed by atoms with van der Waals surface area (Å²) in [5.41, 5.74) is -0.743. The van der Waals surface area contributed by atoms with Gasteiger partial charge < -0.3 is 4.42 Å². The number of hydrazone groups is 1. The summed E-state index contributed by atoms with van der Waals surface area (Å²) in [6.45, 7) is 3.55. The second kappa shape index (κ2) is 6.98. The van der Waals surface area contributed by atoms with Crippen LogP contribution in [0.5, 0.6) is 0 Å². The van der Waals surface area contributed by atoms with E-state index in [1.807, 2.05) is 6.92 Å². The van der Waals surface area contributed by atoms with E-state index in [2.05, 4.69) is 5.10 Å². The van der Waals surface area contributed by atoms with Crippen LogP contribution in [0.15, 0.2) is 68.6 Å². The number of carbonyl (C=O) groups excluding carboxylic acids is 1. The average molecular weight is 412 g/mol. The van der Waals surface area contributed by atoms with Crippen molar-refractivity contribution in [3.05, 3.63) is 81.2 Å². The fourth-order valence-corrected chi connectivity index (χ4v) is 3.39. The Kier molecular flexibility index (Phi) is 4.57. The summed E-state index contributed by atoms with van der Waals surface area (Å²) in [5.74, 6) is -0.978. The number of anilines is 1.